The van der Waals surface area contributed by atoms with Gasteiger partial charge in [-0.3, -0.25) is 4.79 Å². The maximum atomic E-state index is 14.6. The molecule has 1 aliphatic rings. The van der Waals surface area contributed by atoms with Gasteiger partial charge in [-0.15, -0.1) is 0 Å². The Morgan fingerprint density at radius 1 is 1.09 bits per heavy atom. The van der Waals surface area contributed by atoms with E-state index in [1.54, 1.807) is 6.20 Å². The molecule has 1 saturated heterocycles. The van der Waals surface area contributed by atoms with Crippen molar-refractivity contribution in [2.24, 2.45) is 0 Å². The lowest BCUT2D eigenvalue weighted by Crippen LogP contribution is -2.34. The molecule has 8 nitrogen and oxygen atoms in total. The van der Waals surface area contributed by atoms with Crippen molar-refractivity contribution in [1.29, 1.82) is 0 Å². The van der Waals surface area contributed by atoms with Gasteiger partial charge in [0.15, 0.2) is 5.82 Å². The maximum absolute atomic E-state index is 14.6. The molecule has 0 unspecified atom stereocenters. The van der Waals surface area contributed by atoms with E-state index in [2.05, 4.69) is 32.2 Å². The summed E-state index contributed by atoms with van der Waals surface area (Å²) in [6.07, 6.45) is 3.77. The van der Waals surface area contributed by atoms with Crippen LogP contribution in [-0.4, -0.2) is 68.5 Å². The average molecular weight is 466 g/mol. The quantitative estimate of drug-likeness (QED) is 0.609. The number of hydrogen-bond acceptors (Lipinski definition) is 6. The van der Waals surface area contributed by atoms with Gasteiger partial charge in [0.25, 0.3) is 5.91 Å². The smallest absolute Gasteiger partial charge is 0.254 e. The zero-order chi connectivity index (χ0) is 24.4. The fourth-order valence-corrected chi connectivity index (χ4v) is 4.42. The molecule has 0 atom stereocenters. The van der Waals surface area contributed by atoms with Gasteiger partial charge in [-0.2, -0.15) is 0 Å². The zero-order valence-electron chi connectivity index (χ0n) is 20.5. The Hall–Kier alpha value is -3.33. The Labute approximate surface area is 199 Å². The summed E-state index contributed by atoms with van der Waals surface area (Å²) in [6, 6.07) is 5.67. The molecule has 34 heavy (non-hydrogen) atoms. The molecule has 1 fully saturated rings. The minimum atomic E-state index is -0.507. The number of aromatic nitrogens is 4. The molecule has 3 aromatic rings. The van der Waals surface area contributed by atoms with Crippen molar-refractivity contribution >= 4 is 17.5 Å². The van der Waals surface area contributed by atoms with Gasteiger partial charge in [-0.1, -0.05) is 0 Å². The summed E-state index contributed by atoms with van der Waals surface area (Å²) in [5, 5.41) is 3.15. The molecule has 9 heteroatoms. The van der Waals surface area contributed by atoms with E-state index in [9.17, 15) is 9.18 Å². The first-order chi connectivity index (χ1) is 16.2. The van der Waals surface area contributed by atoms with Crippen LogP contribution in [0.1, 0.15) is 48.1 Å². The van der Waals surface area contributed by atoms with Gasteiger partial charge in [0.1, 0.15) is 11.5 Å². The number of imidazole rings is 1. The minimum Gasteiger partial charge on any atom is -0.337 e. The highest BCUT2D eigenvalue weighted by Crippen LogP contribution is 2.27. The molecule has 1 N–H and O–H groups in total. The maximum Gasteiger partial charge on any atom is 0.254 e. The van der Waals surface area contributed by atoms with Gasteiger partial charge in [-0.25, -0.2) is 19.3 Å². The lowest BCUT2D eigenvalue weighted by atomic mass is 10.1. The molecule has 2 aromatic heterocycles. The van der Waals surface area contributed by atoms with E-state index in [0.29, 0.717) is 11.3 Å². The third-order valence-electron chi connectivity index (χ3n) is 6.20. The van der Waals surface area contributed by atoms with Crippen molar-refractivity contribution < 1.29 is 9.18 Å². The molecular formula is C25H32FN7O. The van der Waals surface area contributed by atoms with Crippen molar-refractivity contribution in [3.8, 4) is 11.4 Å². The largest absolute Gasteiger partial charge is 0.337 e. The van der Waals surface area contributed by atoms with Gasteiger partial charge in [0.05, 0.1) is 18.1 Å². The highest BCUT2D eigenvalue weighted by Gasteiger charge is 2.21. The molecule has 0 aliphatic carbocycles. The number of nitrogens with one attached hydrogen (secondary N) is 1. The molecular weight excluding hydrogens is 433 g/mol. The highest BCUT2D eigenvalue weighted by molar-refractivity contribution is 5.96. The molecule has 0 radical (unpaired) electrons. The predicted molar refractivity (Wildman–Crippen MR) is 131 cm³/mol. The number of rotatable bonds is 5. The Morgan fingerprint density at radius 3 is 2.62 bits per heavy atom. The van der Waals surface area contributed by atoms with Crippen LogP contribution in [0, 0.1) is 19.7 Å². The third kappa shape index (κ3) is 4.94. The highest BCUT2D eigenvalue weighted by atomic mass is 19.1. The van der Waals surface area contributed by atoms with E-state index >= 15 is 0 Å². The Morgan fingerprint density at radius 2 is 1.88 bits per heavy atom. The number of nitrogens with zero attached hydrogens (tertiary/aromatic N) is 6. The number of likely N-dealkylation sites (N-methyl/N-ethyl adjacent to an activating group) is 1. The number of aryl methyl sites for hydroxylation is 2. The number of amides is 1. The van der Waals surface area contributed by atoms with Gasteiger partial charge in [0, 0.05) is 36.9 Å². The Balaban J connectivity index is 1.55. The van der Waals surface area contributed by atoms with Gasteiger partial charge < -0.3 is 19.7 Å². The number of carbonyl (C=O) groups is 1. The SMILES string of the molecule is Cc1cc(Nc2ncc(F)c(-c3cnc(C)n3C(C)C)n2)ccc1C(=O)N1CCCN(C)CC1. The summed E-state index contributed by atoms with van der Waals surface area (Å²) in [5.41, 5.74) is 3.09. The second-order valence-corrected chi connectivity index (χ2v) is 9.15. The monoisotopic (exact) mass is 465 g/mol. The van der Waals surface area contributed by atoms with Crippen LogP contribution in [0.15, 0.2) is 30.6 Å². The van der Waals surface area contributed by atoms with Crippen LogP contribution < -0.4 is 5.32 Å². The topological polar surface area (TPSA) is 79.2 Å². The van der Waals surface area contributed by atoms with Gasteiger partial charge in [0.2, 0.25) is 5.95 Å². The van der Waals surface area contributed by atoms with Crippen LogP contribution in [0.3, 0.4) is 0 Å². The van der Waals surface area contributed by atoms with E-state index < -0.39 is 5.82 Å². The van der Waals surface area contributed by atoms with Gasteiger partial charge in [-0.05, 0) is 71.5 Å². The summed E-state index contributed by atoms with van der Waals surface area (Å²) in [5.74, 6) is 0.619. The number of anilines is 2. The number of halogens is 1. The number of hydrogen-bond donors (Lipinski definition) is 1. The molecule has 1 aliphatic heterocycles. The first-order valence-corrected chi connectivity index (χ1v) is 11.7. The molecule has 0 saturated carbocycles. The first kappa shape index (κ1) is 23.8. The minimum absolute atomic E-state index is 0.0528. The fourth-order valence-electron chi connectivity index (χ4n) is 4.42. The van der Waals surface area contributed by atoms with Crippen LogP contribution >= 0.6 is 0 Å². The molecule has 0 bridgehead atoms. The number of carbonyl (C=O) groups excluding carboxylic acids is 1. The molecule has 180 valence electrons. The summed E-state index contributed by atoms with van der Waals surface area (Å²) >= 11 is 0. The van der Waals surface area contributed by atoms with Crippen LogP contribution in [0.4, 0.5) is 16.0 Å². The first-order valence-electron chi connectivity index (χ1n) is 11.7. The normalized spacial score (nSPS) is 15.0. The van der Waals surface area contributed by atoms with E-state index in [1.807, 2.05) is 55.4 Å². The lowest BCUT2D eigenvalue weighted by molar-refractivity contribution is 0.0762. The van der Waals surface area contributed by atoms with Gasteiger partial charge >= 0.3 is 0 Å². The van der Waals surface area contributed by atoms with Crippen molar-refractivity contribution in [3.63, 3.8) is 0 Å². The molecule has 1 amide bonds. The standard InChI is InChI=1S/C25H32FN7O/c1-16(2)33-18(4)27-15-22(33)23-21(26)14-28-25(30-23)29-19-7-8-20(17(3)13-19)24(34)32-10-6-9-31(5)11-12-32/h7-8,13-16H,6,9-12H2,1-5H3,(H,28,29,30). The van der Waals surface area contributed by atoms with E-state index in [0.717, 1.165) is 49.7 Å². The van der Waals surface area contributed by atoms with E-state index in [1.165, 1.54) is 6.20 Å². The second-order valence-electron chi connectivity index (χ2n) is 9.15. The summed E-state index contributed by atoms with van der Waals surface area (Å²) in [6.45, 7) is 11.2. The van der Waals surface area contributed by atoms with Crippen molar-refractivity contribution in [2.75, 3.05) is 38.5 Å². The molecule has 1 aromatic carbocycles. The zero-order valence-corrected chi connectivity index (χ0v) is 20.5. The molecule has 0 spiro atoms. The predicted octanol–water partition coefficient (Wildman–Crippen LogP) is 4.20. The Bertz CT molecular complexity index is 1190. The average Bonchev–Trinajstić information content (AvgIpc) is 3.04. The van der Waals surface area contributed by atoms with Crippen molar-refractivity contribution in [2.45, 2.75) is 40.2 Å². The van der Waals surface area contributed by atoms with Crippen LogP contribution in [-0.2, 0) is 0 Å². The number of benzene rings is 1. The van der Waals surface area contributed by atoms with Crippen molar-refractivity contribution in [3.05, 3.63) is 53.4 Å². The van der Waals surface area contributed by atoms with Crippen LogP contribution in [0.2, 0.25) is 0 Å². The second kappa shape index (κ2) is 9.89. The third-order valence-corrected chi connectivity index (χ3v) is 6.20. The summed E-state index contributed by atoms with van der Waals surface area (Å²) in [4.78, 5) is 30.1. The molecule has 4 rings (SSSR count). The van der Waals surface area contributed by atoms with Crippen LogP contribution in [0.5, 0.6) is 0 Å². The fraction of sp³-hybridized carbons (Fsp3) is 0.440. The van der Waals surface area contributed by atoms with E-state index in [-0.39, 0.29) is 23.6 Å². The van der Waals surface area contributed by atoms with Crippen LogP contribution in [0.25, 0.3) is 11.4 Å². The summed E-state index contributed by atoms with van der Waals surface area (Å²) < 4.78 is 16.6. The molecule has 3 heterocycles. The van der Waals surface area contributed by atoms with E-state index in [4.69, 9.17) is 0 Å². The van der Waals surface area contributed by atoms with Crippen molar-refractivity contribution in [1.82, 2.24) is 29.3 Å². The Kier molecular flexibility index (Phi) is 6.92. The summed E-state index contributed by atoms with van der Waals surface area (Å²) in [7, 11) is 2.08. The lowest BCUT2D eigenvalue weighted by Gasteiger charge is -2.22.